The molecular weight excluding hydrogens is 244 g/mol. The second kappa shape index (κ2) is 7.87. The summed E-state index contributed by atoms with van der Waals surface area (Å²) in [4.78, 5) is 6.05. The molecular formula is C14H26N2OS. The van der Waals surface area contributed by atoms with Crippen LogP contribution >= 0.6 is 11.3 Å². The first-order valence-electron chi connectivity index (χ1n) is 6.80. The van der Waals surface area contributed by atoms with Gasteiger partial charge in [0.05, 0.1) is 18.3 Å². The molecule has 3 nitrogen and oxygen atoms in total. The molecule has 1 aromatic heterocycles. The number of aromatic nitrogens is 1. The molecule has 0 aliphatic carbocycles. The number of nitrogens with zero attached hydrogens (tertiary/aromatic N) is 1. The highest BCUT2D eigenvalue weighted by molar-refractivity contribution is 7.11. The molecule has 104 valence electrons. The van der Waals surface area contributed by atoms with Crippen molar-refractivity contribution < 1.29 is 4.74 Å². The van der Waals surface area contributed by atoms with Gasteiger partial charge >= 0.3 is 0 Å². The zero-order chi connectivity index (χ0) is 13.5. The van der Waals surface area contributed by atoms with Gasteiger partial charge in [0.2, 0.25) is 0 Å². The predicted octanol–water partition coefficient (Wildman–Crippen LogP) is 3.47. The first-order valence-corrected chi connectivity index (χ1v) is 7.61. The molecule has 18 heavy (non-hydrogen) atoms. The summed E-state index contributed by atoms with van der Waals surface area (Å²) in [6, 6.07) is 0.368. The molecule has 1 atom stereocenters. The lowest BCUT2D eigenvalue weighted by molar-refractivity contribution is 0.189. The fourth-order valence-corrected chi connectivity index (χ4v) is 3.26. The molecule has 0 saturated heterocycles. The van der Waals surface area contributed by atoms with Gasteiger partial charge in [-0.1, -0.05) is 26.7 Å². The topological polar surface area (TPSA) is 34.1 Å². The van der Waals surface area contributed by atoms with E-state index >= 15 is 0 Å². The zero-order valence-electron chi connectivity index (χ0n) is 12.2. The molecule has 1 unspecified atom stereocenters. The number of thiazole rings is 1. The Bertz CT molecular complexity index is 328. The number of methoxy groups -OCH3 is 1. The summed E-state index contributed by atoms with van der Waals surface area (Å²) in [5.74, 6) is 0.645. The van der Waals surface area contributed by atoms with Crippen LogP contribution in [0.2, 0.25) is 0 Å². The van der Waals surface area contributed by atoms with E-state index in [0.717, 1.165) is 13.2 Å². The fourth-order valence-electron chi connectivity index (χ4n) is 2.16. The summed E-state index contributed by atoms with van der Waals surface area (Å²) >= 11 is 1.83. The molecule has 0 aromatic carbocycles. The number of ether oxygens (including phenoxy) is 1. The molecule has 0 saturated carbocycles. The predicted molar refractivity (Wildman–Crippen MR) is 78.3 cm³/mol. The van der Waals surface area contributed by atoms with Crippen molar-refractivity contribution >= 4 is 11.3 Å². The van der Waals surface area contributed by atoms with Gasteiger partial charge in [-0.3, -0.25) is 0 Å². The van der Waals surface area contributed by atoms with Gasteiger partial charge in [-0.15, -0.1) is 11.3 Å². The van der Waals surface area contributed by atoms with Crippen molar-refractivity contribution in [2.24, 2.45) is 5.92 Å². The highest BCUT2D eigenvalue weighted by Crippen LogP contribution is 2.31. The van der Waals surface area contributed by atoms with Crippen molar-refractivity contribution in [3.63, 3.8) is 0 Å². The van der Waals surface area contributed by atoms with E-state index in [1.54, 1.807) is 7.11 Å². The molecule has 0 fully saturated rings. The second-order valence-corrected chi connectivity index (χ2v) is 5.93. The van der Waals surface area contributed by atoms with Gasteiger partial charge in [0, 0.05) is 18.5 Å². The number of hydrogen-bond acceptors (Lipinski definition) is 4. The van der Waals surface area contributed by atoms with Crippen molar-refractivity contribution in [3.05, 3.63) is 15.6 Å². The van der Waals surface area contributed by atoms with Crippen LogP contribution in [0.4, 0.5) is 0 Å². The Kier molecular flexibility index (Phi) is 6.82. The first-order chi connectivity index (χ1) is 8.63. The molecule has 1 N–H and O–H groups in total. The maximum Gasteiger partial charge on any atom is 0.110 e. The van der Waals surface area contributed by atoms with Crippen molar-refractivity contribution in [2.45, 2.75) is 46.6 Å². The fraction of sp³-hybridized carbons (Fsp3) is 0.786. The minimum absolute atomic E-state index is 0.368. The molecule has 0 radical (unpaired) electrons. The lowest BCUT2D eigenvalue weighted by Gasteiger charge is -2.24. The van der Waals surface area contributed by atoms with E-state index in [0.29, 0.717) is 12.0 Å². The summed E-state index contributed by atoms with van der Waals surface area (Å²) < 4.78 is 5.12. The Balaban J connectivity index is 2.81. The van der Waals surface area contributed by atoms with Crippen LogP contribution in [-0.2, 0) is 4.74 Å². The van der Waals surface area contributed by atoms with Crippen LogP contribution < -0.4 is 5.32 Å². The molecule has 4 heteroatoms. The van der Waals surface area contributed by atoms with Crippen LogP contribution in [0.3, 0.4) is 0 Å². The molecule has 0 aliphatic rings. The van der Waals surface area contributed by atoms with Crippen molar-refractivity contribution in [2.75, 3.05) is 20.3 Å². The highest BCUT2D eigenvalue weighted by atomic mass is 32.1. The summed E-state index contributed by atoms with van der Waals surface area (Å²) in [5.41, 5.74) is 1.17. The quantitative estimate of drug-likeness (QED) is 0.734. The lowest BCUT2D eigenvalue weighted by atomic mass is 9.94. The smallest absolute Gasteiger partial charge is 0.110 e. The number of aryl methyl sites for hydroxylation is 2. The second-order valence-electron chi connectivity index (χ2n) is 4.69. The standard InChI is InChI=1S/C14H26N2OS/c1-6-12(7-2)13(15-8-9-17-5)14-16-10(3)11(4)18-14/h12-13,15H,6-9H2,1-5H3. The highest BCUT2D eigenvalue weighted by Gasteiger charge is 2.23. The average molecular weight is 270 g/mol. The zero-order valence-corrected chi connectivity index (χ0v) is 13.1. The third kappa shape index (κ3) is 4.04. The molecule has 0 spiro atoms. The molecule has 1 heterocycles. The summed E-state index contributed by atoms with van der Waals surface area (Å²) in [6.45, 7) is 10.4. The minimum Gasteiger partial charge on any atom is -0.383 e. The first kappa shape index (κ1) is 15.6. The Morgan fingerprint density at radius 1 is 1.28 bits per heavy atom. The van der Waals surface area contributed by atoms with Crippen molar-refractivity contribution in [1.82, 2.24) is 10.3 Å². The molecule has 0 aliphatic heterocycles. The molecule has 1 rings (SSSR count). The van der Waals surface area contributed by atoms with Gasteiger partial charge in [-0.2, -0.15) is 0 Å². The monoisotopic (exact) mass is 270 g/mol. The van der Waals surface area contributed by atoms with E-state index in [-0.39, 0.29) is 0 Å². The largest absolute Gasteiger partial charge is 0.383 e. The third-order valence-electron chi connectivity index (χ3n) is 3.50. The summed E-state index contributed by atoms with van der Waals surface area (Å²) in [5, 5.41) is 4.83. The number of rotatable bonds is 8. The van der Waals surface area contributed by atoms with Gasteiger partial charge in [0.1, 0.15) is 5.01 Å². The van der Waals surface area contributed by atoms with Crippen LogP contribution in [0.15, 0.2) is 0 Å². The van der Waals surface area contributed by atoms with Gasteiger partial charge in [-0.25, -0.2) is 4.98 Å². The SMILES string of the molecule is CCC(CC)C(NCCOC)c1nc(C)c(C)s1. The average Bonchev–Trinajstić information content (AvgIpc) is 2.69. The van der Waals surface area contributed by atoms with Crippen LogP contribution in [0.25, 0.3) is 0 Å². The van der Waals surface area contributed by atoms with Crippen LogP contribution in [0, 0.1) is 19.8 Å². The van der Waals surface area contributed by atoms with Gasteiger partial charge in [0.25, 0.3) is 0 Å². The van der Waals surface area contributed by atoms with Crippen LogP contribution in [0.1, 0.15) is 48.3 Å². The van der Waals surface area contributed by atoms with Gasteiger partial charge < -0.3 is 10.1 Å². The summed E-state index contributed by atoms with van der Waals surface area (Å²) in [7, 11) is 1.74. The Labute approximate surface area is 115 Å². The van der Waals surface area contributed by atoms with Crippen LogP contribution in [0.5, 0.6) is 0 Å². The normalized spacial score (nSPS) is 13.2. The Morgan fingerprint density at radius 3 is 2.39 bits per heavy atom. The number of nitrogens with one attached hydrogen (secondary N) is 1. The van der Waals surface area contributed by atoms with Crippen molar-refractivity contribution in [3.8, 4) is 0 Å². The van der Waals surface area contributed by atoms with E-state index in [1.165, 1.54) is 28.4 Å². The third-order valence-corrected chi connectivity index (χ3v) is 4.66. The van der Waals surface area contributed by atoms with E-state index in [1.807, 2.05) is 11.3 Å². The Hall–Kier alpha value is -0.450. The van der Waals surface area contributed by atoms with E-state index in [2.05, 4.69) is 33.0 Å². The summed E-state index contributed by atoms with van der Waals surface area (Å²) in [6.07, 6.45) is 2.36. The Morgan fingerprint density at radius 2 is 1.94 bits per heavy atom. The van der Waals surface area contributed by atoms with E-state index < -0.39 is 0 Å². The van der Waals surface area contributed by atoms with E-state index in [4.69, 9.17) is 9.72 Å². The lowest BCUT2D eigenvalue weighted by Crippen LogP contribution is -2.30. The molecule has 0 amide bonds. The maximum absolute atomic E-state index is 5.12. The number of hydrogen-bond donors (Lipinski definition) is 1. The molecule has 0 bridgehead atoms. The maximum atomic E-state index is 5.12. The van der Waals surface area contributed by atoms with Crippen molar-refractivity contribution in [1.29, 1.82) is 0 Å². The van der Waals surface area contributed by atoms with Gasteiger partial charge in [0.15, 0.2) is 0 Å². The van der Waals surface area contributed by atoms with E-state index in [9.17, 15) is 0 Å². The van der Waals surface area contributed by atoms with Crippen LogP contribution in [-0.4, -0.2) is 25.2 Å². The molecule has 1 aromatic rings. The van der Waals surface area contributed by atoms with Gasteiger partial charge in [-0.05, 0) is 19.8 Å². The minimum atomic E-state index is 0.368.